The molecule has 8 heteroatoms. The van der Waals surface area contributed by atoms with E-state index in [1.165, 1.54) is 12.7 Å². The molecule has 5 rings (SSSR count). The number of ether oxygens (including phenoxy) is 1. The zero-order chi connectivity index (χ0) is 18.9. The van der Waals surface area contributed by atoms with Crippen LogP contribution in [-0.2, 0) is 0 Å². The molecule has 0 radical (unpaired) electrons. The molecular weight excluding hydrogens is 396 g/mol. The topological polar surface area (TPSA) is 73.9 Å². The van der Waals surface area contributed by atoms with Crippen molar-refractivity contribution in [1.82, 2.24) is 20.2 Å². The fourth-order valence-corrected chi connectivity index (χ4v) is 3.88. The van der Waals surface area contributed by atoms with Gasteiger partial charge in [0.2, 0.25) is 18.2 Å². The first-order valence-electron chi connectivity index (χ1n) is 8.30. The van der Waals surface area contributed by atoms with Crippen LogP contribution in [0.5, 0.6) is 11.6 Å². The Kier molecular flexibility index (Phi) is 4.23. The minimum Gasteiger partial charge on any atom is -0.438 e. The van der Waals surface area contributed by atoms with Crippen molar-refractivity contribution >= 4 is 33.2 Å². The molecule has 0 saturated heterocycles. The zero-order valence-electron chi connectivity index (χ0n) is 14.2. The van der Waals surface area contributed by atoms with E-state index in [9.17, 15) is 0 Å². The number of nitrogens with zero attached hydrogens (tertiary/aromatic N) is 4. The second-order valence-corrected chi connectivity index (χ2v) is 7.18. The summed E-state index contributed by atoms with van der Waals surface area (Å²) in [5.41, 5.74) is 2.85. The van der Waals surface area contributed by atoms with Gasteiger partial charge in [-0.1, -0.05) is 23.7 Å². The maximum absolute atomic E-state index is 6.07. The van der Waals surface area contributed by atoms with Gasteiger partial charge in [-0.3, -0.25) is 0 Å². The summed E-state index contributed by atoms with van der Waals surface area (Å²) in [4.78, 5) is 9.58. The lowest BCUT2D eigenvalue weighted by Gasteiger charge is -2.08. The molecule has 0 unspecified atom stereocenters. The molecule has 0 saturated carbocycles. The van der Waals surface area contributed by atoms with E-state index in [2.05, 4.69) is 20.2 Å². The minimum absolute atomic E-state index is 0.457. The summed E-state index contributed by atoms with van der Waals surface area (Å²) in [5.74, 6) is 1.61. The van der Waals surface area contributed by atoms with E-state index >= 15 is 0 Å². The fourth-order valence-electron chi connectivity index (χ4n) is 2.84. The molecule has 2 aromatic carbocycles. The Morgan fingerprint density at radius 3 is 2.46 bits per heavy atom. The van der Waals surface area contributed by atoms with Gasteiger partial charge in [0, 0.05) is 21.5 Å². The van der Waals surface area contributed by atoms with Gasteiger partial charge in [-0.25, -0.2) is 9.97 Å². The molecule has 0 atom stereocenters. The monoisotopic (exact) mass is 406 g/mol. The lowest BCUT2D eigenvalue weighted by molar-refractivity contribution is 0.468. The fraction of sp³-hybridized carbons (Fsp3) is 0. The number of hydrogen-bond donors (Lipinski definition) is 0. The van der Waals surface area contributed by atoms with Crippen LogP contribution in [0.25, 0.3) is 32.8 Å². The van der Waals surface area contributed by atoms with E-state index in [0.29, 0.717) is 22.5 Å². The van der Waals surface area contributed by atoms with Gasteiger partial charge in [0.1, 0.15) is 16.9 Å². The summed E-state index contributed by atoms with van der Waals surface area (Å²) in [5, 5.41) is 11.2. The molecule has 0 fully saturated rings. The maximum Gasteiger partial charge on any atom is 0.247 e. The van der Waals surface area contributed by atoms with Crippen molar-refractivity contribution in [2.75, 3.05) is 0 Å². The second-order valence-electron chi connectivity index (χ2n) is 5.89. The molecule has 0 bridgehead atoms. The summed E-state index contributed by atoms with van der Waals surface area (Å²) < 4.78 is 11.3. The van der Waals surface area contributed by atoms with Crippen molar-refractivity contribution in [2.45, 2.75) is 0 Å². The predicted molar refractivity (Wildman–Crippen MR) is 108 cm³/mol. The van der Waals surface area contributed by atoms with Gasteiger partial charge in [0.05, 0.1) is 5.39 Å². The third-order valence-corrected chi connectivity index (χ3v) is 5.30. The maximum atomic E-state index is 6.07. The molecule has 0 N–H and O–H groups in total. The highest BCUT2D eigenvalue weighted by Gasteiger charge is 2.15. The number of hydrogen-bond acceptors (Lipinski definition) is 7. The average molecular weight is 407 g/mol. The van der Waals surface area contributed by atoms with Gasteiger partial charge >= 0.3 is 0 Å². The summed E-state index contributed by atoms with van der Waals surface area (Å²) in [6, 6.07) is 15.1. The standard InChI is InChI=1S/C20H11ClN4O2S/c21-14-5-1-12(2-6-14)16-9-28-20-17(16)19(22-10-23-20)27-15-7-3-13(4-8-15)18-25-24-11-26-18/h1-11H. The molecule has 0 aliphatic rings. The van der Waals surface area contributed by atoms with Crippen LogP contribution in [0.3, 0.4) is 0 Å². The van der Waals surface area contributed by atoms with Crippen molar-refractivity contribution in [2.24, 2.45) is 0 Å². The van der Waals surface area contributed by atoms with Gasteiger partial charge in [0.25, 0.3) is 0 Å². The molecule has 28 heavy (non-hydrogen) atoms. The first-order valence-corrected chi connectivity index (χ1v) is 9.56. The number of rotatable bonds is 4. The SMILES string of the molecule is Clc1ccc(-c2csc3ncnc(Oc4ccc(-c5nnco5)cc4)c23)cc1. The first-order chi connectivity index (χ1) is 13.8. The highest BCUT2D eigenvalue weighted by molar-refractivity contribution is 7.17. The average Bonchev–Trinajstić information content (AvgIpc) is 3.40. The van der Waals surface area contributed by atoms with Gasteiger partial charge in [0.15, 0.2) is 0 Å². The lowest BCUT2D eigenvalue weighted by Crippen LogP contribution is -1.91. The van der Waals surface area contributed by atoms with Gasteiger partial charge in [-0.05, 0) is 42.0 Å². The van der Waals surface area contributed by atoms with Crippen molar-refractivity contribution in [3.8, 4) is 34.2 Å². The summed E-state index contributed by atoms with van der Waals surface area (Å²) >= 11 is 7.56. The molecule has 0 aliphatic heterocycles. The Hall–Kier alpha value is -3.29. The third-order valence-electron chi connectivity index (χ3n) is 4.17. The second kappa shape index (κ2) is 7.03. The highest BCUT2D eigenvalue weighted by atomic mass is 35.5. The molecule has 0 aliphatic carbocycles. The lowest BCUT2D eigenvalue weighted by atomic mass is 10.1. The van der Waals surface area contributed by atoms with Crippen LogP contribution in [0.1, 0.15) is 0 Å². The van der Waals surface area contributed by atoms with Crippen LogP contribution < -0.4 is 4.74 Å². The minimum atomic E-state index is 0.457. The highest BCUT2D eigenvalue weighted by Crippen LogP contribution is 2.39. The Labute approximate surface area is 168 Å². The van der Waals surface area contributed by atoms with Crippen LogP contribution in [0.2, 0.25) is 5.02 Å². The van der Waals surface area contributed by atoms with E-state index in [1.54, 1.807) is 11.3 Å². The number of thiophene rings is 1. The van der Waals surface area contributed by atoms with E-state index < -0.39 is 0 Å². The van der Waals surface area contributed by atoms with Crippen molar-refractivity contribution in [1.29, 1.82) is 0 Å². The van der Waals surface area contributed by atoms with Crippen LogP contribution in [-0.4, -0.2) is 20.2 Å². The van der Waals surface area contributed by atoms with E-state index in [4.69, 9.17) is 20.8 Å². The number of benzene rings is 2. The van der Waals surface area contributed by atoms with Crippen LogP contribution in [0.15, 0.2) is 71.0 Å². The van der Waals surface area contributed by atoms with Gasteiger partial charge < -0.3 is 9.15 Å². The van der Waals surface area contributed by atoms with Crippen LogP contribution in [0.4, 0.5) is 0 Å². The number of aromatic nitrogens is 4. The molecule has 0 amide bonds. The Morgan fingerprint density at radius 2 is 1.71 bits per heavy atom. The molecule has 3 heterocycles. The summed E-state index contributed by atoms with van der Waals surface area (Å²) in [6.45, 7) is 0. The molecule has 3 aromatic heterocycles. The predicted octanol–water partition coefficient (Wildman–Crippen LogP) is 5.85. The molecule has 5 aromatic rings. The molecular formula is C20H11ClN4O2S. The first kappa shape index (κ1) is 16.9. The Morgan fingerprint density at radius 1 is 0.929 bits per heavy atom. The van der Waals surface area contributed by atoms with E-state index in [-0.39, 0.29) is 0 Å². The van der Waals surface area contributed by atoms with Gasteiger partial charge in [-0.15, -0.1) is 21.5 Å². The normalized spacial score (nSPS) is 11.0. The van der Waals surface area contributed by atoms with E-state index in [0.717, 1.165) is 26.9 Å². The largest absolute Gasteiger partial charge is 0.438 e. The van der Waals surface area contributed by atoms with Crippen molar-refractivity contribution in [3.05, 3.63) is 71.7 Å². The number of halogens is 1. The summed E-state index contributed by atoms with van der Waals surface area (Å²) in [6.07, 6.45) is 2.80. The van der Waals surface area contributed by atoms with Crippen molar-refractivity contribution < 1.29 is 9.15 Å². The quantitative estimate of drug-likeness (QED) is 0.372. The van der Waals surface area contributed by atoms with Crippen LogP contribution >= 0.6 is 22.9 Å². The third kappa shape index (κ3) is 3.11. The smallest absolute Gasteiger partial charge is 0.247 e. The molecule has 0 spiro atoms. The molecule has 6 nitrogen and oxygen atoms in total. The Balaban J connectivity index is 1.52. The van der Waals surface area contributed by atoms with Crippen molar-refractivity contribution in [3.63, 3.8) is 0 Å². The van der Waals surface area contributed by atoms with Gasteiger partial charge in [-0.2, -0.15) is 0 Å². The Bertz CT molecular complexity index is 1240. The summed E-state index contributed by atoms with van der Waals surface area (Å²) in [7, 11) is 0. The zero-order valence-corrected chi connectivity index (χ0v) is 15.8. The number of fused-ring (bicyclic) bond motifs is 1. The van der Waals surface area contributed by atoms with E-state index in [1.807, 2.05) is 53.9 Å². The van der Waals surface area contributed by atoms with Crippen LogP contribution in [0, 0.1) is 0 Å². The molecule has 136 valence electrons.